The van der Waals surface area contributed by atoms with Crippen LogP contribution in [-0.4, -0.2) is 0 Å². The monoisotopic (exact) mass is 312 g/mol. The largest absolute Gasteiger partial charge is 0.206 e. The first-order valence-electron chi connectivity index (χ1n) is 9.01. The summed E-state index contributed by atoms with van der Waals surface area (Å²) in [6, 6.07) is 14.0. The maximum Gasteiger partial charge on any atom is 0.131 e. The molecular formula is C22H29F. The van der Waals surface area contributed by atoms with Crippen LogP contribution in [0.3, 0.4) is 0 Å². The molecule has 0 atom stereocenters. The molecule has 0 amide bonds. The highest BCUT2D eigenvalue weighted by Crippen LogP contribution is 2.33. The zero-order valence-electron chi connectivity index (χ0n) is 14.3. The molecule has 0 radical (unpaired) electrons. The van der Waals surface area contributed by atoms with E-state index < -0.39 is 0 Å². The molecule has 1 aliphatic rings. The maximum atomic E-state index is 14.1. The number of halogens is 1. The van der Waals surface area contributed by atoms with Gasteiger partial charge in [0.15, 0.2) is 0 Å². The Hall–Kier alpha value is -1.63. The Bertz CT molecular complexity index is 640. The fourth-order valence-electron chi connectivity index (χ4n) is 3.85. The second-order valence-electron chi connectivity index (χ2n) is 7.18. The Morgan fingerprint density at radius 1 is 0.957 bits per heavy atom. The van der Waals surface area contributed by atoms with Crippen LogP contribution in [0.5, 0.6) is 0 Å². The van der Waals surface area contributed by atoms with Gasteiger partial charge in [0.1, 0.15) is 5.82 Å². The summed E-state index contributed by atoms with van der Waals surface area (Å²) in [6.45, 7) is 4.23. The van der Waals surface area contributed by atoms with Crippen LogP contribution in [0.2, 0.25) is 0 Å². The summed E-state index contributed by atoms with van der Waals surface area (Å²) < 4.78 is 14.1. The minimum Gasteiger partial charge on any atom is -0.206 e. The minimum absolute atomic E-state index is 0. The molecule has 0 unspecified atom stereocenters. The zero-order chi connectivity index (χ0) is 16.2. The summed E-state index contributed by atoms with van der Waals surface area (Å²) in [6.07, 6.45) is 8.04. The minimum atomic E-state index is -0.129. The Balaban J connectivity index is 0.00000208. The van der Waals surface area contributed by atoms with Crippen LogP contribution in [0.25, 0.3) is 11.1 Å². The van der Waals surface area contributed by atoms with Crippen molar-refractivity contribution in [2.75, 3.05) is 0 Å². The van der Waals surface area contributed by atoms with Crippen molar-refractivity contribution in [1.82, 2.24) is 0 Å². The van der Waals surface area contributed by atoms with Crippen LogP contribution >= 0.6 is 0 Å². The molecule has 1 heteroatoms. The number of benzene rings is 2. The van der Waals surface area contributed by atoms with Gasteiger partial charge in [-0.3, -0.25) is 0 Å². The van der Waals surface area contributed by atoms with E-state index in [1.165, 1.54) is 44.1 Å². The van der Waals surface area contributed by atoms with Crippen molar-refractivity contribution in [3.8, 4) is 11.1 Å². The van der Waals surface area contributed by atoms with E-state index in [0.29, 0.717) is 5.56 Å². The van der Waals surface area contributed by atoms with Gasteiger partial charge in [0.05, 0.1) is 0 Å². The molecular weight excluding hydrogens is 283 g/mol. The van der Waals surface area contributed by atoms with Crippen molar-refractivity contribution in [3.05, 3.63) is 59.4 Å². The van der Waals surface area contributed by atoms with Gasteiger partial charge >= 0.3 is 0 Å². The molecule has 0 spiro atoms. The lowest BCUT2D eigenvalue weighted by atomic mass is 9.78. The number of hydrogen-bond acceptors (Lipinski definition) is 0. The number of hydrogen-bond donors (Lipinski definition) is 0. The van der Waals surface area contributed by atoms with Crippen molar-refractivity contribution in [1.29, 1.82) is 0 Å². The molecule has 0 saturated heterocycles. The zero-order valence-corrected chi connectivity index (χ0v) is 14.3. The lowest BCUT2D eigenvalue weighted by Crippen LogP contribution is -2.15. The summed E-state index contributed by atoms with van der Waals surface area (Å²) in [7, 11) is 0. The van der Waals surface area contributed by atoms with E-state index in [-0.39, 0.29) is 7.24 Å². The second kappa shape index (κ2) is 7.29. The predicted octanol–water partition coefficient (Wildman–Crippen LogP) is 6.81. The average molecular weight is 312 g/mol. The molecule has 0 nitrogen and oxygen atoms in total. The van der Waals surface area contributed by atoms with Gasteiger partial charge < -0.3 is 0 Å². The van der Waals surface area contributed by atoms with Gasteiger partial charge in [0, 0.05) is 6.99 Å². The Labute approximate surface area is 141 Å². The number of aryl methyl sites for hydroxylation is 1. The summed E-state index contributed by atoms with van der Waals surface area (Å²) in [5.41, 5.74) is 4.03. The van der Waals surface area contributed by atoms with E-state index >= 15 is 0 Å². The molecule has 2 aromatic carbocycles. The van der Waals surface area contributed by atoms with Crippen molar-refractivity contribution < 1.29 is 5.82 Å². The quantitative estimate of drug-likeness (QED) is 0.582. The fraction of sp³-hybridized carbons (Fsp3) is 0.455. The van der Waals surface area contributed by atoms with Crippen LogP contribution in [0.1, 0.15) is 51.6 Å². The number of rotatable bonds is 4. The van der Waals surface area contributed by atoms with Gasteiger partial charge in [0.2, 0.25) is 0 Å². The average Bonchev–Trinajstić information content (AvgIpc) is 2.57. The van der Waals surface area contributed by atoms with Crippen LogP contribution in [-0.2, 0) is 6.42 Å². The normalized spacial score (nSPS) is 21.3. The molecule has 1 saturated carbocycles. The molecule has 0 aliphatic heterocycles. The first kappa shape index (κ1) is 16.2. The molecule has 2 aromatic rings. The summed E-state index contributed by atoms with van der Waals surface area (Å²) in [5, 5.41) is 0. The van der Waals surface area contributed by atoms with Gasteiger partial charge in [-0.15, -0.1) is 0 Å². The van der Waals surface area contributed by atoms with E-state index in [9.17, 15) is 4.39 Å². The molecule has 0 aromatic heterocycles. The Kier molecular flexibility index (Phi) is 5.15. The SMILES string of the molecule is CCC1CCC(Cc2ccc(-c3ccc(C)cc3F)cc2)CC1.[HH]. The van der Waals surface area contributed by atoms with Crippen LogP contribution in [0.15, 0.2) is 42.5 Å². The maximum absolute atomic E-state index is 14.1. The first-order valence-corrected chi connectivity index (χ1v) is 9.01. The summed E-state index contributed by atoms with van der Waals surface area (Å²) >= 11 is 0. The molecule has 3 rings (SSSR count). The summed E-state index contributed by atoms with van der Waals surface area (Å²) in [5.74, 6) is 1.66. The third kappa shape index (κ3) is 4.02. The highest BCUT2D eigenvalue weighted by atomic mass is 19.1. The molecule has 0 bridgehead atoms. The predicted molar refractivity (Wildman–Crippen MR) is 98.1 cm³/mol. The highest BCUT2D eigenvalue weighted by molar-refractivity contribution is 5.64. The topological polar surface area (TPSA) is 0 Å². The lowest BCUT2D eigenvalue weighted by Gasteiger charge is -2.27. The third-order valence-electron chi connectivity index (χ3n) is 5.46. The molecule has 124 valence electrons. The van der Waals surface area contributed by atoms with E-state index in [1.807, 2.05) is 19.1 Å². The lowest BCUT2D eigenvalue weighted by molar-refractivity contribution is 0.268. The highest BCUT2D eigenvalue weighted by Gasteiger charge is 2.20. The Morgan fingerprint density at radius 3 is 2.22 bits per heavy atom. The van der Waals surface area contributed by atoms with Gasteiger partial charge in [-0.05, 0) is 60.8 Å². The summed E-state index contributed by atoms with van der Waals surface area (Å²) in [4.78, 5) is 0. The van der Waals surface area contributed by atoms with Crippen LogP contribution in [0, 0.1) is 24.6 Å². The fourth-order valence-corrected chi connectivity index (χ4v) is 3.85. The van der Waals surface area contributed by atoms with Gasteiger partial charge in [0.25, 0.3) is 0 Å². The molecule has 1 aliphatic carbocycles. The van der Waals surface area contributed by atoms with E-state index in [2.05, 4.69) is 31.2 Å². The van der Waals surface area contributed by atoms with Crippen molar-refractivity contribution >= 4 is 0 Å². The Morgan fingerprint density at radius 2 is 1.61 bits per heavy atom. The second-order valence-corrected chi connectivity index (χ2v) is 7.18. The van der Waals surface area contributed by atoms with E-state index in [4.69, 9.17) is 0 Å². The smallest absolute Gasteiger partial charge is 0.131 e. The molecule has 0 N–H and O–H groups in total. The van der Waals surface area contributed by atoms with Crippen LogP contribution < -0.4 is 0 Å². The van der Waals surface area contributed by atoms with E-state index in [1.54, 1.807) is 6.07 Å². The van der Waals surface area contributed by atoms with Crippen molar-refractivity contribution in [2.45, 2.75) is 52.4 Å². The molecule has 0 heterocycles. The molecule has 1 fully saturated rings. The van der Waals surface area contributed by atoms with Gasteiger partial charge in [-0.25, -0.2) is 4.39 Å². The van der Waals surface area contributed by atoms with Crippen molar-refractivity contribution in [3.63, 3.8) is 0 Å². The van der Waals surface area contributed by atoms with E-state index in [0.717, 1.165) is 23.0 Å². The van der Waals surface area contributed by atoms with Crippen molar-refractivity contribution in [2.24, 2.45) is 11.8 Å². The third-order valence-corrected chi connectivity index (χ3v) is 5.46. The molecule has 23 heavy (non-hydrogen) atoms. The van der Waals surface area contributed by atoms with Gasteiger partial charge in [-0.2, -0.15) is 0 Å². The van der Waals surface area contributed by atoms with Crippen LogP contribution in [0.4, 0.5) is 4.39 Å². The first-order chi connectivity index (χ1) is 11.2. The standard InChI is InChI=1S/C22H27F.H2/c1-3-17-5-7-18(8-6-17)15-19-9-11-20(12-10-19)21-13-4-16(2)14-22(21)23;/h4,9-14,17-18H,3,5-8,15H2,1-2H3;1H. The van der Waals surface area contributed by atoms with Gasteiger partial charge in [-0.1, -0.05) is 62.6 Å².